The van der Waals surface area contributed by atoms with Gasteiger partial charge < -0.3 is 9.47 Å². The van der Waals surface area contributed by atoms with Crippen molar-refractivity contribution in [2.45, 2.75) is 38.7 Å². The Labute approximate surface area is 115 Å². The van der Waals surface area contributed by atoms with E-state index in [0.717, 1.165) is 32.7 Å². The minimum Gasteiger partial charge on any atom is -0.350 e. The van der Waals surface area contributed by atoms with E-state index in [2.05, 4.69) is 35.2 Å². The standard InChI is InChI=1S/C16H23NO2/c1-16(2)18-12-14-11-17(9-8-15(14)19-16)10-13-6-4-3-5-7-13/h3-7,14-15H,8-12H2,1-2H3/t14-,15+/m1/s1. The first kappa shape index (κ1) is 13.1. The smallest absolute Gasteiger partial charge is 0.163 e. The predicted octanol–water partition coefficient (Wildman–Crippen LogP) is 2.66. The van der Waals surface area contributed by atoms with Crippen LogP contribution in [0.3, 0.4) is 0 Å². The molecule has 104 valence electrons. The number of likely N-dealkylation sites (tertiary alicyclic amines) is 1. The minimum absolute atomic E-state index is 0.371. The Morgan fingerprint density at radius 2 is 2.05 bits per heavy atom. The van der Waals surface area contributed by atoms with E-state index in [9.17, 15) is 0 Å². The van der Waals surface area contributed by atoms with Gasteiger partial charge in [0.25, 0.3) is 0 Å². The molecule has 2 atom stereocenters. The molecule has 0 radical (unpaired) electrons. The Kier molecular flexibility index (Phi) is 3.61. The molecule has 0 aromatic heterocycles. The first-order valence-electron chi connectivity index (χ1n) is 7.20. The van der Waals surface area contributed by atoms with Crippen molar-refractivity contribution in [2.75, 3.05) is 19.7 Å². The molecular formula is C16H23NO2. The van der Waals surface area contributed by atoms with Crippen LogP contribution in [0.4, 0.5) is 0 Å². The lowest BCUT2D eigenvalue weighted by Crippen LogP contribution is -2.53. The number of hydrogen-bond acceptors (Lipinski definition) is 3. The summed E-state index contributed by atoms with van der Waals surface area (Å²) >= 11 is 0. The van der Waals surface area contributed by atoms with Gasteiger partial charge in [0.05, 0.1) is 12.7 Å². The van der Waals surface area contributed by atoms with Crippen molar-refractivity contribution >= 4 is 0 Å². The van der Waals surface area contributed by atoms with Crippen LogP contribution < -0.4 is 0 Å². The van der Waals surface area contributed by atoms with E-state index in [1.807, 2.05) is 13.8 Å². The fourth-order valence-corrected chi connectivity index (χ4v) is 3.09. The Bertz CT molecular complexity index is 418. The molecule has 3 nitrogen and oxygen atoms in total. The lowest BCUT2D eigenvalue weighted by atomic mass is 9.93. The Balaban J connectivity index is 1.58. The molecule has 2 heterocycles. The van der Waals surface area contributed by atoms with Crippen molar-refractivity contribution in [3.05, 3.63) is 35.9 Å². The number of piperidine rings is 1. The van der Waals surface area contributed by atoms with Crippen LogP contribution in [0.15, 0.2) is 30.3 Å². The predicted molar refractivity (Wildman–Crippen MR) is 74.7 cm³/mol. The summed E-state index contributed by atoms with van der Waals surface area (Å²) in [5.74, 6) is 0.119. The van der Waals surface area contributed by atoms with Crippen molar-refractivity contribution in [1.82, 2.24) is 4.90 Å². The van der Waals surface area contributed by atoms with E-state index in [-0.39, 0.29) is 0 Å². The van der Waals surface area contributed by atoms with Crippen molar-refractivity contribution in [2.24, 2.45) is 5.92 Å². The molecule has 1 aromatic rings. The molecule has 19 heavy (non-hydrogen) atoms. The molecule has 0 unspecified atom stereocenters. The lowest BCUT2D eigenvalue weighted by molar-refractivity contribution is -0.301. The van der Waals surface area contributed by atoms with Gasteiger partial charge in [0, 0.05) is 25.6 Å². The molecule has 3 rings (SSSR count). The summed E-state index contributed by atoms with van der Waals surface area (Å²) in [4.78, 5) is 2.52. The van der Waals surface area contributed by atoms with E-state index < -0.39 is 5.79 Å². The van der Waals surface area contributed by atoms with Gasteiger partial charge in [-0.25, -0.2) is 0 Å². The Morgan fingerprint density at radius 3 is 2.84 bits per heavy atom. The Morgan fingerprint density at radius 1 is 1.26 bits per heavy atom. The fraction of sp³-hybridized carbons (Fsp3) is 0.625. The maximum Gasteiger partial charge on any atom is 0.163 e. The van der Waals surface area contributed by atoms with Gasteiger partial charge in [0.15, 0.2) is 5.79 Å². The van der Waals surface area contributed by atoms with Crippen molar-refractivity contribution in [3.63, 3.8) is 0 Å². The Hall–Kier alpha value is -0.900. The van der Waals surface area contributed by atoms with Crippen LogP contribution in [0, 0.1) is 5.92 Å². The second kappa shape index (κ2) is 5.23. The van der Waals surface area contributed by atoms with Gasteiger partial charge in [-0.2, -0.15) is 0 Å². The van der Waals surface area contributed by atoms with E-state index in [1.54, 1.807) is 0 Å². The third kappa shape index (κ3) is 3.16. The summed E-state index contributed by atoms with van der Waals surface area (Å²) in [7, 11) is 0. The first-order valence-corrected chi connectivity index (χ1v) is 7.20. The summed E-state index contributed by atoms with van der Waals surface area (Å²) in [6.45, 7) is 8.08. The molecule has 0 aliphatic carbocycles. The monoisotopic (exact) mass is 261 g/mol. The van der Waals surface area contributed by atoms with E-state index in [4.69, 9.17) is 9.47 Å². The van der Waals surface area contributed by atoms with Gasteiger partial charge in [0.1, 0.15) is 0 Å². The van der Waals surface area contributed by atoms with Gasteiger partial charge in [-0.1, -0.05) is 30.3 Å². The van der Waals surface area contributed by atoms with Crippen LogP contribution >= 0.6 is 0 Å². The molecule has 2 aliphatic heterocycles. The van der Waals surface area contributed by atoms with Crippen LogP contribution in [0.5, 0.6) is 0 Å². The van der Waals surface area contributed by atoms with Crippen molar-refractivity contribution in [3.8, 4) is 0 Å². The van der Waals surface area contributed by atoms with E-state index >= 15 is 0 Å². The number of fused-ring (bicyclic) bond motifs is 1. The maximum atomic E-state index is 6.03. The molecule has 0 N–H and O–H groups in total. The highest BCUT2D eigenvalue weighted by atomic mass is 16.7. The summed E-state index contributed by atoms with van der Waals surface area (Å²) in [6.07, 6.45) is 1.49. The number of nitrogens with zero attached hydrogens (tertiary/aromatic N) is 1. The highest BCUT2D eigenvalue weighted by molar-refractivity contribution is 5.14. The average Bonchev–Trinajstić information content (AvgIpc) is 2.39. The van der Waals surface area contributed by atoms with Crippen LogP contribution in [0.1, 0.15) is 25.8 Å². The topological polar surface area (TPSA) is 21.7 Å². The van der Waals surface area contributed by atoms with Gasteiger partial charge in [-0.15, -0.1) is 0 Å². The molecule has 2 fully saturated rings. The van der Waals surface area contributed by atoms with Gasteiger partial charge in [-0.3, -0.25) is 4.90 Å². The fourth-order valence-electron chi connectivity index (χ4n) is 3.09. The third-order valence-corrected chi connectivity index (χ3v) is 4.08. The average molecular weight is 261 g/mol. The number of hydrogen-bond donors (Lipinski definition) is 0. The zero-order chi connectivity index (χ0) is 13.3. The summed E-state index contributed by atoms with van der Waals surface area (Å²) < 4.78 is 11.8. The first-order chi connectivity index (χ1) is 9.12. The zero-order valence-corrected chi connectivity index (χ0v) is 11.8. The molecule has 0 spiro atoms. The summed E-state index contributed by atoms with van der Waals surface area (Å²) in [5, 5.41) is 0. The van der Waals surface area contributed by atoms with Gasteiger partial charge in [-0.05, 0) is 25.8 Å². The summed E-state index contributed by atoms with van der Waals surface area (Å²) in [5.41, 5.74) is 1.39. The molecule has 0 amide bonds. The van der Waals surface area contributed by atoms with Gasteiger partial charge in [0.2, 0.25) is 0 Å². The van der Waals surface area contributed by atoms with E-state index in [0.29, 0.717) is 12.0 Å². The van der Waals surface area contributed by atoms with Gasteiger partial charge >= 0.3 is 0 Å². The van der Waals surface area contributed by atoms with Crippen LogP contribution in [0.25, 0.3) is 0 Å². The van der Waals surface area contributed by atoms with Crippen molar-refractivity contribution < 1.29 is 9.47 Å². The van der Waals surface area contributed by atoms with Crippen LogP contribution in [-0.2, 0) is 16.0 Å². The third-order valence-electron chi connectivity index (χ3n) is 4.08. The maximum absolute atomic E-state index is 6.03. The van der Waals surface area contributed by atoms with E-state index in [1.165, 1.54) is 5.56 Å². The molecular weight excluding hydrogens is 238 g/mol. The van der Waals surface area contributed by atoms with Crippen molar-refractivity contribution in [1.29, 1.82) is 0 Å². The SMILES string of the molecule is CC1(C)OC[C@H]2CN(Cc3ccccc3)CC[C@@H]2O1. The van der Waals surface area contributed by atoms with Crippen LogP contribution in [-0.4, -0.2) is 36.5 Å². The zero-order valence-electron chi connectivity index (χ0n) is 11.8. The largest absolute Gasteiger partial charge is 0.350 e. The molecule has 2 saturated heterocycles. The summed E-state index contributed by atoms with van der Waals surface area (Å²) in [6, 6.07) is 10.7. The van der Waals surface area contributed by atoms with Crippen LogP contribution in [0.2, 0.25) is 0 Å². The molecule has 2 aliphatic rings. The molecule has 0 saturated carbocycles. The molecule has 3 heteroatoms. The molecule has 1 aromatic carbocycles. The highest BCUT2D eigenvalue weighted by Gasteiger charge is 2.39. The molecule has 0 bridgehead atoms. The second-order valence-electron chi connectivity index (χ2n) is 6.14. The normalized spacial score (nSPS) is 30.8. The number of rotatable bonds is 2. The number of ether oxygens (including phenoxy) is 2. The second-order valence-corrected chi connectivity index (χ2v) is 6.14. The number of benzene rings is 1. The highest BCUT2D eigenvalue weighted by Crippen LogP contribution is 2.31. The minimum atomic E-state index is -0.400. The quantitative estimate of drug-likeness (QED) is 0.817. The lowest BCUT2D eigenvalue weighted by Gasteiger charge is -2.46.